The van der Waals surface area contributed by atoms with Crippen LogP contribution in [-0.2, 0) is 9.59 Å². The number of carbonyl (C=O) groups is 3. The third kappa shape index (κ3) is 3.85. The second-order valence-corrected chi connectivity index (χ2v) is 8.55. The Morgan fingerprint density at radius 2 is 1.79 bits per heavy atom. The molecule has 3 heterocycles. The third-order valence-electron chi connectivity index (χ3n) is 5.28. The number of fused-ring (bicyclic) bond motifs is 1. The number of aromatic nitrogens is 3. The number of benzene rings is 2. The average molecular weight is 462 g/mol. The Balaban J connectivity index is 1.40. The van der Waals surface area contributed by atoms with Gasteiger partial charge < -0.3 is 10.1 Å². The second kappa shape index (κ2) is 8.14. The van der Waals surface area contributed by atoms with Crippen LogP contribution in [0.3, 0.4) is 0 Å². The van der Waals surface area contributed by atoms with Crippen molar-refractivity contribution in [3.05, 3.63) is 59.8 Å². The summed E-state index contributed by atoms with van der Waals surface area (Å²) < 4.78 is 7.82. The van der Waals surface area contributed by atoms with Gasteiger partial charge in [0.1, 0.15) is 11.6 Å². The fourth-order valence-corrected chi connectivity index (χ4v) is 4.62. The van der Waals surface area contributed by atoms with E-state index in [1.165, 1.54) is 11.3 Å². The highest BCUT2D eigenvalue weighted by Gasteiger charge is 2.30. The number of anilines is 2. The van der Waals surface area contributed by atoms with E-state index in [0.29, 0.717) is 22.2 Å². The maximum atomic E-state index is 12.9. The zero-order valence-corrected chi connectivity index (χ0v) is 18.7. The van der Waals surface area contributed by atoms with Crippen molar-refractivity contribution in [3.63, 3.8) is 0 Å². The molecule has 0 atom stereocenters. The van der Waals surface area contributed by atoms with Gasteiger partial charge in [0.25, 0.3) is 5.91 Å². The van der Waals surface area contributed by atoms with E-state index in [0.717, 1.165) is 26.6 Å². The largest absolute Gasteiger partial charge is 0.497 e. The molecule has 0 spiro atoms. The highest BCUT2D eigenvalue weighted by Crippen LogP contribution is 2.30. The Hall–Kier alpha value is -4.05. The summed E-state index contributed by atoms with van der Waals surface area (Å²) in [7, 11) is 1.61. The number of nitrogens with one attached hydrogen (secondary N) is 1. The molecule has 0 unspecified atom stereocenters. The number of hydrogen-bond donors (Lipinski definition) is 1. The first-order valence-electron chi connectivity index (χ1n) is 10.2. The van der Waals surface area contributed by atoms with E-state index in [-0.39, 0.29) is 30.6 Å². The van der Waals surface area contributed by atoms with Gasteiger partial charge in [-0.05, 0) is 49.4 Å². The van der Waals surface area contributed by atoms with Crippen molar-refractivity contribution in [2.75, 3.05) is 17.3 Å². The summed E-state index contributed by atoms with van der Waals surface area (Å²) in [5.74, 6) is 0.417. The normalized spacial score (nSPS) is 13.7. The Labute approximate surface area is 192 Å². The highest BCUT2D eigenvalue weighted by atomic mass is 32.1. The van der Waals surface area contributed by atoms with Gasteiger partial charge in [-0.2, -0.15) is 9.78 Å². The molecule has 2 aromatic carbocycles. The number of ether oxygens (including phenoxy) is 1. The summed E-state index contributed by atoms with van der Waals surface area (Å²) in [4.78, 5) is 42.5. The topological polar surface area (TPSA) is 106 Å². The Morgan fingerprint density at radius 3 is 2.48 bits per heavy atom. The van der Waals surface area contributed by atoms with Crippen LogP contribution in [0.1, 0.15) is 28.9 Å². The molecular weight excluding hydrogens is 442 g/mol. The predicted octanol–water partition coefficient (Wildman–Crippen LogP) is 3.70. The first-order chi connectivity index (χ1) is 15.9. The number of methoxy groups -OCH3 is 1. The van der Waals surface area contributed by atoms with Crippen LogP contribution >= 0.6 is 11.3 Å². The lowest BCUT2D eigenvalue weighted by Crippen LogP contribution is -2.28. The Bertz CT molecular complexity index is 1390. The molecule has 10 heteroatoms. The van der Waals surface area contributed by atoms with Crippen LogP contribution in [0.15, 0.2) is 48.5 Å². The van der Waals surface area contributed by atoms with Crippen molar-refractivity contribution in [1.82, 2.24) is 14.8 Å². The van der Waals surface area contributed by atoms with Gasteiger partial charge in [0.2, 0.25) is 16.9 Å². The summed E-state index contributed by atoms with van der Waals surface area (Å²) in [6.45, 7) is 1.83. The van der Waals surface area contributed by atoms with Crippen molar-refractivity contribution in [2.45, 2.75) is 19.8 Å². The molecular formula is C23H19N5O4S. The summed E-state index contributed by atoms with van der Waals surface area (Å²) in [5, 5.41) is 7.98. The number of hydrogen-bond acceptors (Lipinski definition) is 7. The average Bonchev–Trinajstić information content (AvgIpc) is 3.49. The number of imide groups is 1. The predicted molar refractivity (Wildman–Crippen MR) is 124 cm³/mol. The summed E-state index contributed by atoms with van der Waals surface area (Å²) >= 11 is 1.44. The van der Waals surface area contributed by atoms with E-state index >= 15 is 0 Å². The summed E-state index contributed by atoms with van der Waals surface area (Å²) in [6.07, 6.45) is 0.423. The molecule has 5 rings (SSSR count). The van der Waals surface area contributed by atoms with Gasteiger partial charge in [-0.3, -0.25) is 19.3 Å². The quantitative estimate of drug-likeness (QED) is 0.454. The number of aryl methyl sites for hydroxylation is 1. The van der Waals surface area contributed by atoms with Gasteiger partial charge in [0, 0.05) is 24.5 Å². The molecule has 33 heavy (non-hydrogen) atoms. The van der Waals surface area contributed by atoms with E-state index in [9.17, 15) is 14.4 Å². The Morgan fingerprint density at radius 1 is 1.06 bits per heavy atom. The molecule has 1 fully saturated rings. The SMILES string of the molecule is COc1ccc2nc(-n3nc(C)cc3NC(=O)c3ccc(N4C(=O)CCC4=O)cc3)sc2c1. The van der Waals surface area contributed by atoms with Crippen molar-refractivity contribution >= 4 is 50.8 Å². The molecule has 4 aromatic rings. The van der Waals surface area contributed by atoms with Crippen LogP contribution in [0.4, 0.5) is 11.5 Å². The lowest BCUT2D eigenvalue weighted by molar-refractivity contribution is -0.121. The highest BCUT2D eigenvalue weighted by molar-refractivity contribution is 7.20. The number of amides is 3. The molecule has 9 nitrogen and oxygen atoms in total. The molecule has 0 saturated carbocycles. The van der Waals surface area contributed by atoms with E-state index in [1.807, 2.05) is 25.1 Å². The minimum atomic E-state index is -0.343. The molecule has 2 aromatic heterocycles. The van der Waals surface area contributed by atoms with Gasteiger partial charge >= 0.3 is 0 Å². The van der Waals surface area contributed by atoms with E-state index in [1.54, 1.807) is 42.1 Å². The first kappa shape index (κ1) is 20.8. The number of carbonyl (C=O) groups excluding carboxylic acids is 3. The van der Waals surface area contributed by atoms with Crippen LogP contribution < -0.4 is 15.0 Å². The molecule has 166 valence electrons. The number of thiazole rings is 1. The maximum Gasteiger partial charge on any atom is 0.256 e. The number of rotatable bonds is 5. The van der Waals surface area contributed by atoms with Crippen molar-refractivity contribution in [1.29, 1.82) is 0 Å². The molecule has 1 aliphatic heterocycles. The minimum absolute atomic E-state index is 0.211. The van der Waals surface area contributed by atoms with Crippen LogP contribution in [-0.4, -0.2) is 39.6 Å². The van der Waals surface area contributed by atoms with E-state index in [2.05, 4.69) is 15.4 Å². The lowest BCUT2D eigenvalue weighted by atomic mass is 10.2. The summed E-state index contributed by atoms with van der Waals surface area (Å²) in [5.41, 5.74) is 2.38. The van der Waals surface area contributed by atoms with Crippen LogP contribution in [0, 0.1) is 6.92 Å². The van der Waals surface area contributed by atoms with Crippen molar-refractivity contribution < 1.29 is 19.1 Å². The maximum absolute atomic E-state index is 12.9. The summed E-state index contributed by atoms with van der Waals surface area (Å²) in [6, 6.07) is 13.8. The van der Waals surface area contributed by atoms with Crippen molar-refractivity contribution in [3.8, 4) is 10.9 Å². The van der Waals surface area contributed by atoms with E-state index < -0.39 is 0 Å². The Kier molecular flexibility index (Phi) is 5.14. The zero-order valence-electron chi connectivity index (χ0n) is 17.9. The smallest absolute Gasteiger partial charge is 0.256 e. The van der Waals surface area contributed by atoms with Gasteiger partial charge in [-0.15, -0.1) is 0 Å². The fourth-order valence-electron chi connectivity index (χ4n) is 3.66. The van der Waals surface area contributed by atoms with Crippen LogP contribution in [0.2, 0.25) is 0 Å². The second-order valence-electron chi connectivity index (χ2n) is 7.54. The standard InChI is InChI=1S/C23H19N5O4S/c1-13-11-19(28(26-13)23-24-17-8-7-16(32-2)12-18(17)33-23)25-22(31)14-3-5-15(6-4-14)27-20(29)9-10-21(27)30/h3-8,11-12H,9-10H2,1-2H3,(H,25,31). The first-order valence-corrected chi connectivity index (χ1v) is 11.0. The van der Waals surface area contributed by atoms with Crippen LogP contribution in [0.25, 0.3) is 15.3 Å². The lowest BCUT2D eigenvalue weighted by Gasteiger charge is -2.14. The minimum Gasteiger partial charge on any atom is -0.497 e. The monoisotopic (exact) mass is 461 g/mol. The molecule has 0 bridgehead atoms. The van der Waals surface area contributed by atoms with Gasteiger partial charge in [0.05, 0.1) is 28.7 Å². The van der Waals surface area contributed by atoms with E-state index in [4.69, 9.17) is 4.74 Å². The van der Waals surface area contributed by atoms with Gasteiger partial charge in [0.15, 0.2) is 0 Å². The zero-order chi connectivity index (χ0) is 23.1. The van der Waals surface area contributed by atoms with Gasteiger partial charge in [-0.25, -0.2) is 4.98 Å². The molecule has 1 aliphatic rings. The fraction of sp³-hybridized carbons (Fsp3) is 0.174. The van der Waals surface area contributed by atoms with Crippen LogP contribution in [0.5, 0.6) is 5.75 Å². The molecule has 1 N–H and O–H groups in total. The number of nitrogens with zero attached hydrogens (tertiary/aromatic N) is 4. The third-order valence-corrected chi connectivity index (χ3v) is 6.27. The van der Waals surface area contributed by atoms with Gasteiger partial charge in [-0.1, -0.05) is 11.3 Å². The molecule has 1 saturated heterocycles. The van der Waals surface area contributed by atoms with Crippen molar-refractivity contribution in [2.24, 2.45) is 0 Å². The molecule has 0 aliphatic carbocycles. The molecule has 0 radical (unpaired) electrons. The molecule has 3 amide bonds.